The summed E-state index contributed by atoms with van der Waals surface area (Å²) in [5.74, 6) is 0.174. The van der Waals surface area contributed by atoms with Gasteiger partial charge in [-0.2, -0.15) is 13.1 Å². The molecule has 0 radical (unpaired) electrons. The molecule has 1 atom stereocenters. The molecule has 1 fully saturated rings. The van der Waals surface area contributed by atoms with Gasteiger partial charge in [-0.15, -0.1) is 0 Å². The number of rotatable bonds is 6. The molecule has 0 aliphatic carbocycles. The molecule has 0 amide bonds. The van der Waals surface area contributed by atoms with Crippen molar-refractivity contribution in [3.05, 3.63) is 42.4 Å². The fourth-order valence-electron chi connectivity index (χ4n) is 3.18. The second-order valence-electron chi connectivity index (χ2n) is 6.16. The van der Waals surface area contributed by atoms with Crippen LogP contribution in [0, 0.1) is 0 Å². The monoisotopic (exact) mass is 407 g/mol. The van der Waals surface area contributed by atoms with Gasteiger partial charge in [0.1, 0.15) is 27.7 Å². The first-order valence-corrected chi connectivity index (χ1v) is 10.7. The minimum atomic E-state index is -3.88. The molecule has 0 saturated carbocycles. The van der Waals surface area contributed by atoms with Gasteiger partial charge >= 0.3 is 5.97 Å². The molecular weight excluding hydrogens is 390 g/mol. The molecule has 4 rings (SSSR count). The van der Waals surface area contributed by atoms with Crippen molar-refractivity contribution in [2.24, 2.45) is 0 Å². The summed E-state index contributed by atoms with van der Waals surface area (Å²) in [4.78, 5) is 12.6. The Morgan fingerprint density at radius 2 is 2.19 bits per heavy atom. The van der Waals surface area contributed by atoms with E-state index in [1.165, 1.54) is 10.4 Å². The SMILES string of the molecule is O=C(OCCc1ccco1)C1CCCN1S(=O)(=O)c1cccc2nsnc12. The molecular formula is C17H17N3O5S2. The number of nitrogens with zero attached hydrogens (tertiary/aromatic N) is 3. The van der Waals surface area contributed by atoms with Crippen LogP contribution in [-0.2, 0) is 26.0 Å². The van der Waals surface area contributed by atoms with Crippen LogP contribution in [0.5, 0.6) is 0 Å². The molecule has 1 aliphatic heterocycles. The molecule has 3 aromatic rings. The summed E-state index contributed by atoms with van der Waals surface area (Å²) in [6.07, 6.45) is 3.03. The van der Waals surface area contributed by atoms with Crippen molar-refractivity contribution < 1.29 is 22.4 Å². The van der Waals surface area contributed by atoms with Gasteiger partial charge in [0, 0.05) is 13.0 Å². The Labute approximate surface area is 160 Å². The molecule has 142 valence electrons. The number of sulfonamides is 1. The lowest BCUT2D eigenvalue weighted by molar-refractivity contribution is -0.147. The number of hydrogen-bond acceptors (Lipinski definition) is 8. The number of ether oxygens (including phenoxy) is 1. The predicted octanol–water partition coefficient (Wildman–Crippen LogP) is 2.22. The minimum Gasteiger partial charge on any atom is -0.469 e. The smallest absolute Gasteiger partial charge is 0.324 e. The molecule has 3 heterocycles. The van der Waals surface area contributed by atoms with Crippen LogP contribution in [0.3, 0.4) is 0 Å². The average molecular weight is 407 g/mol. The predicted molar refractivity (Wildman–Crippen MR) is 97.7 cm³/mol. The van der Waals surface area contributed by atoms with E-state index in [1.54, 1.807) is 30.5 Å². The number of hydrogen-bond donors (Lipinski definition) is 0. The zero-order valence-electron chi connectivity index (χ0n) is 14.3. The average Bonchev–Trinajstić information content (AvgIpc) is 3.40. The van der Waals surface area contributed by atoms with Gasteiger partial charge in [0.25, 0.3) is 0 Å². The molecule has 1 unspecified atom stereocenters. The van der Waals surface area contributed by atoms with Crippen molar-refractivity contribution in [2.75, 3.05) is 13.2 Å². The highest BCUT2D eigenvalue weighted by atomic mass is 32.2. The molecule has 0 N–H and O–H groups in total. The van der Waals surface area contributed by atoms with Crippen LogP contribution < -0.4 is 0 Å². The number of furan rings is 1. The van der Waals surface area contributed by atoms with Crippen molar-refractivity contribution in [1.82, 2.24) is 13.1 Å². The number of esters is 1. The molecule has 1 saturated heterocycles. The first-order valence-electron chi connectivity index (χ1n) is 8.49. The van der Waals surface area contributed by atoms with Gasteiger partial charge in [-0.05, 0) is 37.1 Å². The maximum Gasteiger partial charge on any atom is 0.324 e. The molecule has 1 aliphatic rings. The fraction of sp³-hybridized carbons (Fsp3) is 0.353. The van der Waals surface area contributed by atoms with E-state index in [0.717, 1.165) is 11.7 Å². The fourth-order valence-corrected chi connectivity index (χ4v) is 5.58. The van der Waals surface area contributed by atoms with E-state index in [1.807, 2.05) is 0 Å². The van der Waals surface area contributed by atoms with E-state index < -0.39 is 22.0 Å². The van der Waals surface area contributed by atoms with Crippen molar-refractivity contribution in [3.63, 3.8) is 0 Å². The van der Waals surface area contributed by atoms with Crippen LogP contribution in [0.4, 0.5) is 0 Å². The van der Waals surface area contributed by atoms with E-state index in [0.29, 0.717) is 36.1 Å². The maximum atomic E-state index is 13.2. The molecule has 10 heteroatoms. The quantitative estimate of drug-likeness (QED) is 0.577. The lowest BCUT2D eigenvalue weighted by Crippen LogP contribution is -2.41. The summed E-state index contributed by atoms with van der Waals surface area (Å²) >= 11 is 0.959. The van der Waals surface area contributed by atoms with Gasteiger partial charge in [-0.3, -0.25) is 4.79 Å². The van der Waals surface area contributed by atoms with E-state index in [-0.39, 0.29) is 18.0 Å². The summed E-state index contributed by atoms with van der Waals surface area (Å²) in [5.41, 5.74) is 0.859. The Hall–Kier alpha value is -2.30. The van der Waals surface area contributed by atoms with Crippen LogP contribution in [-0.4, -0.2) is 46.6 Å². The van der Waals surface area contributed by atoms with Crippen molar-refractivity contribution >= 4 is 38.8 Å². The number of carbonyl (C=O) groups is 1. The highest BCUT2D eigenvalue weighted by Crippen LogP contribution is 2.30. The Kier molecular flexibility index (Phi) is 4.94. The third-order valence-corrected chi connectivity index (χ3v) is 6.97. The van der Waals surface area contributed by atoms with Gasteiger partial charge in [-0.25, -0.2) is 8.42 Å². The van der Waals surface area contributed by atoms with Crippen molar-refractivity contribution in [1.29, 1.82) is 0 Å². The summed E-state index contributed by atoms with van der Waals surface area (Å²) < 4.78 is 46.2. The Bertz CT molecular complexity index is 1050. The first-order chi connectivity index (χ1) is 13.1. The highest BCUT2D eigenvalue weighted by Gasteiger charge is 2.41. The second kappa shape index (κ2) is 7.37. The number of benzene rings is 1. The third-order valence-electron chi connectivity index (χ3n) is 4.48. The molecule has 2 aromatic heterocycles. The highest BCUT2D eigenvalue weighted by molar-refractivity contribution is 7.89. The lowest BCUT2D eigenvalue weighted by atomic mass is 10.2. The Morgan fingerprint density at radius 1 is 1.30 bits per heavy atom. The zero-order valence-corrected chi connectivity index (χ0v) is 15.9. The zero-order chi connectivity index (χ0) is 18.9. The van der Waals surface area contributed by atoms with E-state index in [4.69, 9.17) is 9.15 Å². The van der Waals surface area contributed by atoms with Crippen LogP contribution >= 0.6 is 11.7 Å². The van der Waals surface area contributed by atoms with E-state index in [9.17, 15) is 13.2 Å². The van der Waals surface area contributed by atoms with E-state index >= 15 is 0 Å². The summed E-state index contributed by atoms with van der Waals surface area (Å²) in [5, 5.41) is 0. The lowest BCUT2D eigenvalue weighted by Gasteiger charge is -2.22. The van der Waals surface area contributed by atoms with Gasteiger partial charge in [-0.1, -0.05) is 6.07 Å². The van der Waals surface area contributed by atoms with Gasteiger partial charge in [0.15, 0.2) is 0 Å². The molecule has 27 heavy (non-hydrogen) atoms. The number of carbonyl (C=O) groups excluding carboxylic acids is 1. The summed E-state index contributed by atoms with van der Waals surface area (Å²) in [6.45, 7) is 0.413. The number of aromatic nitrogens is 2. The van der Waals surface area contributed by atoms with Crippen LogP contribution in [0.1, 0.15) is 18.6 Å². The second-order valence-corrected chi connectivity index (χ2v) is 8.55. The standard InChI is InChI=1S/C17H17N3O5S2/c21-17(25-11-8-12-4-3-10-24-12)14-6-2-9-20(14)27(22,23)15-7-1-5-13-16(15)19-26-18-13/h1,3-5,7,10,14H,2,6,8-9,11H2. The largest absolute Gasteiger partial charge is 0.469 e. The van der Waals surface area contributed by atoms with Crippen LogP contribution in [0.15, 0.2) is 45.9 Å². The minimum absolute atomic E-state index is 0.0732. The van der Waals surface area contributed by atoms with Crippen LogP contribution in [0.25, 0.3) is 11.0 Å². The van der Waals surface area contributed by atoms with Gasteiger partial charge in [0.2, 0.25) is 10.0 Å². The Morgan fingerprint density at radius 3 is 3.00 bits per heavy atom. The molecule has 0 spiro atoms. The van der Waals surface area contributed by atoms with Crippen LogP contribution in [0.2, 0.25) is 0 Å². The maximum absolute atomic E-state index is 13.2. The normalized spacial score (nSPS) is 18.1. The van der Waals surface area contributed by atoms with Gasteiger partial charge < -0.3 is 9.15 Å². The summed E-state index contributed by atoms with van der Waals surface area (Å²) in [6, 6.07) is 7.56. The van der Waals surface area contributed by atoms with Crippen molar-refractivity contribution in [2.45, 2.75) is 30.2 Å². The summed E-state index contributed by atoms with van der Waals surface area (Å²) in [7, 11) is -3.88. The molecule has 8 nitrogen and oxygen atoms in total. The van der Waals surface area contributed by atoms with E-state index in [2.05, 4.69) is 8.75 Å². The topological polar surface area (TPSA) is 103 Å². The third kappa shape index (κ3) is 3.47. The first kappa shape index (κ1) is 18.1. The number of fused-ring (bicyclic) bond motifs is 1. The van der Waals surface area contributed by atoms with Gasteiger partial charge in [0.05, 0.1) is 24.6 Å². The molecule has 0 bridgehead atoms. The van der Waals surface area contributed by atoms with Crippen molar-refractivity contribution in [3.8, 4) is 0 Å². The Balaban J connectivity index is 1.51. The molecule has 1 aromatic carbocycles.